The second-order valence-corrected chi connectivity index (χ2v) is 7.67. The van der Waals surface area contributed by atoms with Crippen molar-refractivity contribution in [1.82, 2.24) is 19.8 Å². The third-order valence-corrected chi connectivity index (χ3v) is 5.80. The number of carbonyl (C=O) groups is 1. The summed E-state index contributed by atoms with van der Waals surface area (Å²) >= 11 is 0. The van der Waals surface area contributed by atoms with E-state index in [4.69, 9.17) is 0 Å². The maximum atomic E-state index is 12.3. The molecule has 1 amide bonds. The maximum absolute atomic E-state index is 12.3. The number of amides is 1. The molecular formula is C13H20N4O3S. The van der Waals surface area contributed by atoms with Crippen LogP contribution < -0.4 is 4.72 Å². The monoisotopic (exact) mass is 312 g/mol. The Labute approximate surface area is 124 Å². The molecule has 0 aromatic carbocycles. The van der Waals surface area contributed by atoms with Crippen LogP contribution in [0.25, 0.3) is 0 Å². The lowest BCUT2D eigenvalue weighted by Crippen LogP contribution is -2.32. The Kier molecular flexibility index (Phi) is 3.53. The molecule has 0 radical (unpaired) electrons. The normalized spacial score (nSPS) is 23.0. The number of carbonyl (C=O) groups excluding carboxylic acids is 1. The van der Waals surface area contributed by atoms with Crippen molar-refractivity contribution in [1.29, 1.82) is 0 Å². The zero-order valence-electron chi connectivity index (χ0n) is 12.2. The van der Waals surface area contributed by atoms with Gasteiger partial charge in [-0.2, -0.15) is 5.10 Å². The quantitative estimate of drug-likeness (QED) is 0.818. The van der Waals surface area contributed by atoms with Crippen molar-refractivity contribution >= 4 is 15.9 Å². The summed E-state index contributed by atoms with van der Waals surface area (Å²) < 4.78 is 27.3. The number of sulfonamides is 1. The lowest BCUT2D eigenvalue weighted by molar-refractivity contribution is -0.128. The zero-order chi connectivity index (χ0) is 15.2. The summed E-state index contributed by atoms with van der Waals surface area (Å²) in [6, 6.07) is 0.400. The minimum Gasteiger partial charge on any atom is -0.339 e. The fraction of sp³-hybridized carbons (Fsp3) is 0.692. The Balaban J connectivity index is 1.64. The molecule has 2 fully saturated rings. The fourth-order valence-corrected chi connectivity index (χ4v) is 4.40. The maximum Gasteiger partial charge on any atom is 0.244 e. The van der Waals surface area contributed by atoms with Crippen molar-refractivity contribution in [3.63, 3.8) is 0 Å². The molecule has 8 heteroatoms. The van der Waals surface area contributed by atoms with Crippen LogP contribution >= 0.6 is 0 Å². The standard InChI is InChI=1S/C13H20N4O3S/c1-8-13(9(2)16-15-8)21(19,20)14-6-10-5-12(18)17(7-10)11-3-4-11/h10-11,14H,3-7H2,1-2H3,(H,15,16). The molecular weight excluding hydrogens is 292 g/mol. The second-order valence-electron chi connectivity index (χ2n) is 5.96. The number of aromatic amines is 1. The Bertz CT molecular complexity index is 643. The van der Waals surface area contributed by atoms with Gasteiger partial charge in [0.2, 0.25) is 15.9 Å². The van der Waals surface area contributed by atoms with Crippen molar-refractivity contribution < 1.29 is 13.2 Å². The number of hydrogen-bond acceptors (Lipinski definition) is 4. The molecule has 1 saturated carbocycles. The van der Waals surface area contributed by atoms with Gasteiger partial charge in [0, 0.05) is 25.6 Å². The Hall–Kier alpha value is -1.41. The Morgan fingerprint density at radius 1 is 1.38 bits per heavy atom. The number of nitrogens with zero attached hydrogens (tertiary/aromatic N) is 2. The lowest BCUT2D eigenvalue weighted by atomic mass is 10.1. The highest BCUT2D eigenvalue weighted by atomic mass is 32.2. The largest absolute Gasteiger partial charge is 0.339 e. The lowest BCUT2D eigenvalue weighted by Gasteiger charge is -2.15. The van der Waals surface area contributed by atoms with Crippen LogP contribution in [-0.4, -0.2) is 48.6 Å². The average molecular weight is 312 g/mol. The van der Waals surface area contributed by atoms with E-state index < -0.39 is 10.0 Å². The minimum atomic E-state index is -3.58. The summed E-state index contributed by atoms with van der Waals surface area (Å²) in [5.41, 5.74) is 0.990. The summed E-state index contributed by atoms with van der Waals surface area (Å²) in [4.78, 5) is 14.0. The minimum absolute atomic E-state index is 0.0559. The van der Waals surface area contributed by atoms with Gasteiger partial charge in [0.25, 0.3) is 0 Å². The summed E-state index contributed by atoms with van der Waals surface area (Å²) in [5, 5.41) is 6.59. The molecule has 1 saturated heterocycles. The van der Waals surface area contributed by atoms with Gasteiger partial charge in [-0.15, -0.1) is 0 Å². The Morgan fingerprint density at radius 3 is 2.67 bits per heavy atom. The van der Waals surface area contributed by atoms with Gasteiger partial charge < -0.3 is 4.90 Å². The van der Waals surface area contributed by atoms with E-state index >= 15 is 0 Å². The zero-order valence-corrected chi connectivity index (χ0v) is 13.0. The molecule has 1 aliphatic carbocycles. The van der Waals surface area contributed by atoms with Crippen LogP contribution in [0.1, 0.15) is 30.7 Å². The second kappa shape index (κ2) is 5.10. The van der Waals surface area contributed by atoms with Crippen LogP contribution in [0.5, 0.6) is 0 Å². The molecule has 7 nitrogen and oxygen atoms in total. The van der Waals surface area contributed by atoms with E-state index in [1.165, 1.54) is 0 Å². The van der Waals surface area contributed by atoms with Crippen LogP contribution in [0, 0.1) is 19.8 Å². The van der Waals surface area contributed by atoms with Gasteiger partial charge in [-0.1, -0.05) is 0 Å². The number of H-pyrrole nitrogens is 1. The highest BCUT2D eigenvalue weighted by Gasteiger charge is 2.39. The first-order chi connectivity index (χ1) is 9.88. The van der Waals surface area contributed by atoms with Crippen LogP contribution in [0.3, 0.4) is 0 Å². The number of aryl methyl sites for hydroxylation is 2. The summed E-state index contributed by atoms with van der Waals surface area (Å²) in [7, 11) is -3.58. The van der Waals surface area contributed by atoms with E-state index in [1.807, 2.05) is 4.90 Å². The molecule has 2 aliphatic rings. The van der Waals surface area contributed by atoms with Crippen LogP contribution in [0.2, 0.25) is 0 Å². The summed E-state index contributed by atoms with van der Waals surface area (Å²) in [6.07, 6.45) is 2.59. The third-order valence-electron chi connectivity index (χ3n) is 4.12. The number of hydrogen-bond donors (Lipinski definition) is 2. The van der Waals surface area contributed by atoms with E-state index in [0.717, 1.165) is 12.8 Å². The highest BCUT2D eigenvalue weighted by Crippen LogP contribution is 2.32. The molecule has 116 valence electrons. The molecule has 2 heterocycles. The predicted molar refractivity (Wildman–Crippen MR) is 76.1 cm³/mol. The van der Waals surface area contributed by atoms with Crippen molar-refractivity contribution in [2.45, 2.75) is 44.0 Å². The highest BCUT2D eigenvalue weighted by molar-refractivity contribution is 7.89. The number of likely N-dealkylation sites (tertiary alicyclic amines) is 1. The fourth-order valence-electron chi connectivity index (χ4n) is 2.92. The van der Waals surface area contributed by atoms with Gasteiger partial charge in [0.1, 0.15) is 4.90 Å². The molecule has 0 spiro atoms. The van der Waals surface area contributed by atoms with Crippen molar-refractivity contribution in [2.75, 3.05) is 13.1 Å². The van der Waals surface area contributed by atoms with E-state index in [9.17, 15) is 13.2 Å². The van der Waals surface area contributed by atoms with E-state index in [0.29, 0.717) is 36.9 Å². The molecule has 2 N–H and O–H groups in total. The first-order valence-corrected chi connectivity index (χ1v) is 8.67. The molecule has 1 atom stereocenters. The molecule has 0 bridgehead atoms. The van der Waals surface area contributed by atoms with E-state index in [1.54, 1.807) is 13.8 Å². The van der Waals surface area contributed by atoms with E-state index in [-0.39, 0.29) is 16.7 Å². The average Bonchev–Trinajstić information content (AvgIpc) is 3.09. The van der Waals surface area contributed by atoms with Gasteiger partial charge in [-0.25, -0.2) is 13.1 Å². The number of rotatable bonds is 5. The molecule has 1 unspecified atom stereocenters. The van der Waals surface area contributed by atoms with Crippen molar-refractivity contribution in [2.24, 2.45) is 5.92 Å². The van der Waals surface area contributed by atoms with Crippen LogP contribution in [0.15, 0.2) is 4.90 Å². The van der Waals surface area contributed by atoms with Gasteiger partial charge in [-0.05, 0) is 32.6 Å². The van der Waals surface area contributed by atoms with Gasteiger partial charge in [-0.3, -0.25) is 9.89 Å². The molecule has 1 aromatic rings. The van der Waals surface area contributed by atoms with Crippen LogP contribution in [0.4, 0.5) is 0 Å². The summed E-state index contributed by atoms with van der Waals surface area (Å²) in [5.74, 6) is 0.206. The van der Waals surface area contributed by atoms with Gasteiger partial charge in [0.15, 0.2) is 0 Å². The van der Waals surface area contributed by atoms with Crippen LogP contribution in [-0.2, 0) is 14.8 Å². The molecule has 1 aromatic heterocycles. The van der Waals surface area contributed by atoms with Crippen molar-refractivity contribution in [3.8, 4) is 0 Å². The number of nitrogens with one attached hydrogen (secondary N) is 2. The van der Waals surface area contributed by atoms with Gasteiger partial charge >= 0.3 is 0 Å². The molecule has 21 heavy (non-hydrogen) atoms. The first-order valence-electron chi connectivity index (χ1n) is 7.19. The van der Waals surface area contributed by atoms with Gasteiger partial charge in [0.05, 0.1) is 11.4 Å². The first kappa shape index (κ1) is 14.5. The third kappa shape index (κ3) is 2.82. The topological polar surface area (TPSA) is 95.2 Å². The molecule has 1 aliphatic heterocycles. The van der Waals surface area contributed by atoms with E-state index in [2.05, 4.69) is 14.9 Å². The smallest absolute Gasteiger partial charge is 0.244 e. The number of aromatic nitrogens is 2. The summed E-state index contributed by atoms with van der Waals surface area (Å²) in [6.45, 7) is 4.30. The molecule has 3 rings (SSSR count). The Morgan fingerprint density at radius 2 is 2.10 bits per heavy atom. The van der Waals surface area contributed by atoms with Crippen molar-refractivity contribution in [3.05, 3.63) is 11.4 Å². The SMILES string of the molecule is Cc1n[nH]c(C)c1S(=O)(=O)NCC1CC(=O)N(C2CC2)C1. The predicted octanol–water partition coefficient (Wildman–Crippen LogP) is 0.316.